The molecule has 2 aromatic heterocycles. The Bertz CT molecular complexity index is 797. The minimum atomic E-state index is -0.690. The molecule has 1 atom stereocenters. The Balaban J connectivity index is 1.42. The smallest absolute Gasteiger partial charge is 0.348 e. The van der Waals surface area contributed by atoms with Gasteiger partial charge in [-0.15, -0.1) is 11.3 Å². The molecule has 1 aliphatic carbocycles. The Labute approximate surface area is 154 Å². The van der Waals surface area contributed by atoms with Crippen LogP contribution in [0.15, 0.2) is 28.9 Å². The molecule has 7 nitrogen and oxygen atoms in total. The fourth-order valence-corrected chi connectivity index (χ4v) is 3.90. The van der Waals surface area contributed by atoms with Gasteiger partial charge in [-0.3, -0.25) is 10.1 Å². The zero-order valence-corrected chi connectivity index (χ0v) is 15.2. The molecule has 0 spiro atoms. The first-order valence-corrected chi connectivity index (χ1v) is 9.21. The number of hydrogen-bond donors (Lipinski definition) is 2. The second kappa shape index (κ2) is 8.18. The molecule has 0 aromatic carbocycles. The van der Waals surface area contributed by atoms with Gasteiger partial charge in [-0.05, 0) is 48.9 Å². The standard InChI is InChI=1S/C18H20N2O5S/c1-11-4-5-14-12(7-11)8-15(26-14)17(22)25-10-16(21)20-18(23)19-9-13-3-2-6-24-13/h2-3,6,8,11H,4-5,7,9-10H2,1H3,(H2,19,20,21,23)/t11-/m0/s1. The molecule has 0 aliphatic heterocycles. The number of rotatable bonds is 5. The second-order valence-corrected chi connectivity index (χ2v) is 7.43. The molecule has 0 saturated heterocycles. The van der Waals surface area contributed by atoms with Gasteiger partial charge in [-0.1, -0.05) is 6.92 Å². The van der Waals surface area contributed by atoms with Crippen molar-refractivity contribution in [3.63, 3.8) is 0 Å². The Morgan fingerprint density at radius 2 is 2.23 bits per heavy atom. The van der Waals surface area contributed by atoms with E-state index < -0.39 is 24.5 Å². The summed E-state index contributed by atoms with van der Waals surface area (Å²) in [5.41, 5.74) is 1.20. The number of nitrogens with one attached hydrogen (secondary N) is 2. The van der Waals surface area contributed by atoms with Gasteiger partial charge in [0.15, 0.2) is 6.61 Å². The van der Waals surface area contributed by atoms with E-state index >= 15 is 0 Å². The molecule has 8 heteroatoms. The fraction of sp³-hybridized carbons (Fsp3) is 0.389. The van der Waals surface area contributed by atoms with E-state index in [-0.39, 0.29) is 6.54 Å². The van der Waals surface area contributed by atoms with Crippen molar-refractivity contribution in [2.24, 2.45) is 5.92 Å². The van der Waals surface area contributed by atoms with Gasteiger partial charge in [0.1, 0.15) is 10.6 Å². The summed E-state index contributed by atoms with van der Waals surface area (Å²) in [5.74, 6) is -0.0464. The highest BCUT2D eigenvalue weighted by Gasteiger charge is 2.22. The van der Waals surface area contributed by atoms with Crippen LogP contribution in [0.2, 0.25) is 0 Å². The number of ether oxygens (including phenoxy) is 1. The summed E-state index contributed by atoms with van der Waals surface area (Å²) in [7, 11) is 0. The maximum atomic E-state index is 12.1. The molecule has 0 unspecified atom stereocenters. The molecule has 2 heterocycles. The van der Waals surface area contributed by atoms with Crippen LogP contribution in [-0.4, -0.2) is 24.5 Å². The van der Waals surface area contributed by atoms with Crippen molar-refractivity contribution in [2.75, 3.05) is 6.61 Å². The monoisotopic (exact) mass is 376 g/mol. The largest absolute Gasteiger partial charge is 0.467 e. The van der Waals surface area contributed by atoms with Crippen molar-refractivity contribution in [3.8, 4) is 0 Å². The van der Waals surface area contributed by atoms with Gasteiger partial charge in [-0.25, -0.2) is 9.59 Å². The number of carbonyl (C=O) groups is 3. The SMILES string of the molecule is C[C@H]1CCc2sc(C(=O)OCC(=O)NC(=O)NCc3ccco3)cc2C1. The molecular weight excluding hydrogens is 356 g/mol. The summed E-state index contributed by atoms with van der Waals surface area (Å²) in [4.78, 5) is 37.2. The van der Waals surface area contributed by atoms with E-state index in [1.165, 1.54) is 28.0 Å². The number of fused-ring (bicyclic) bond motifs is 1. The lowest BCUT2D eigenvalue weighted by Crippen LogP contribution is -2.41. The summed E-state index contributed by atoms with van der Waals surface area (Å²) in [5, 5.41) is 4.57. The van der Waals surface area contributed by atoms with Crippen LogP contribution >= 0.6 is 11.3 Å². The molecule has 0 radical (unpaired) electrons. The van der Waals surface area contributed by atoms with Crippen LogP contribution in [0.25, 0.3) is 0 Å². The third kappa shape index (κ3) is 4.72. The van der Waals surface area contributed by atoms with Gasteiger partial charge in [0.05, 0.1) is 12.8 Å². The van der Waals surface area contributed by atoms with Gasteiger partial charge >= 0.3 is 12.0 Å². The molecule has 26 heavy (non-hydrogen) atoms. The lowest BCUT2D eigenvalue weighted by atomic mass is 9.90. The number of carbonyl (C=O) groups excluding carboxylic acids is 3. The number of amides is 3. The maximum Gasteiger partial charge on any atom is 0.348 e. The van der Waals surface area contributed by atoms with E-state index in [4.69, 9.17) is 9.15 Å². The Kier molecular flexibility index (Phi) is 5.72. The molecule has 2 aromatic rings. The predicted octanol–water partition coefficient (Wildman–Crippen LogP) is 2.65. The number of furan rings is 1. The molecular formula is C18H20N2O5S. The fourth-order valence-electron chi connectivity index (χ4n) is 2.80. The van der Waals surface area contributed by atoms with Crippen LogP contribution in [0.5, 0.6) is 0 Å². The average Bonchev–Trinajstić information content (AvgIpc) is 3.26. The van der Waals surface area contributed by atoms with Gasteiger partial charge in [-0.2, -0.15) is 0 Å². The third-order valence-electron chi connectivity index (χ3n) is 4.12. The number of urea groups is 1. The van der Waals surface area contributed by atoms with Crippen molar-refractivity contribution in [3.05, 3.63) is 45.5 Å². The van der Waals surface area contributed by atoms with Gasteiger partial charge in [0.25, 0.3) is 5.91 Å². The molecule has 1 aliphatic rings. The molecule has 0 saturated carbocycles. The molecule has 3 rings (SSSR count). The quantitative estimate of drug-likeness (QED) is 0.782. The average molecular weight is 376 g/mol. The van der Waals surface area contributed by atoms with E-state index in [0.717, 1.165) is 19.3 Å². The molecule has 0 fully saturated rings. The molecule has 3 amide bonds. The zero-order chi connectivity index (χ0) is 18.5. The van der Waals surface area contributed by atoms with E-state index in [9.17, 15) is 14.4 Å². The first-order chi connectivity index (χ1) is 12.5. The number of aryl methyl sites for hydroxylation is 1. The highest BCUT2D eigenvalue weighted by atomic mass is 32.1. The summed E-state index contributed by atoms with van der Waals surface area (Å²) in [6.07, 6.45) is 4.56. The zero-order valence-electron chi connectivity index (χ0n) is 14.4. The number of thiophene rings is 1. The first-order valence-electron chi connectivity index (χ1n) is 8.40. The van der Waals surface area contributed by atoms with Crippen molar-refractivity contribution < 1.29 is 23.5 Å². The Hall–Kier alpha value is -2.61. The Morgan fingerprint density at radius 1 is 1.38 bits per heavy atom. The molecule has 0 bridgehead atoms. The van der Waals surface area contributed by atoms with Gasteiger partial charge < -0.3 is 14.5 Å². The van der Waals surface area contributed by atoms with E-state index in [0.29, 0.717) is 16.6 Å². The number of esters is 1. The van der Waals surface area contributed by atoms with Crippen molar-refractivity contribution in [1.29, 1.82) is 0 Å². The van der Waals surface area contributed by atoms with Crippen LogP contribution in [0.3, 0.4) is 0 Å². The highest BCUT2D eigenvalue weighted by Crippen LogP contribution is 2.32. The summed E-state index contributed by atoms with van der Waals surface area (Å²) in [6.45, 7) is 1.84. The van der Waals surface area contributed by atoms with E-state index in [2.05, 4.69) is 17.6 Å². The normalized spacial score (nSPS) is 15.8. The van der Waals surface area contributed by atoms with Crippen LogP contribution in [0, 0.1) is 5.92 Å². The summed E-state index contributed by atoms with van der Waals surface area (Å²) in [6, 6.07) is 4.57. The molecule has 138 valence electrons. The number of imide groups is 1. The topological polar surface area (TPSA) is 97.6 Å². The van der Waals surface area contributed by atoms with Crippen LogP contribution < -0.4 is 10.6 Å². The highest BCUT2D eigenvalue weighted by molar-refractivity contribution is 7.14. The predicted molar refractivity (Wildman–Crippen MR) is 94.9 cm³/mol. The maximum absolute atomic E-state index is 12.1. The summed E-state index contributed by atoms with van der Waals surface area (Å²) >= 11 is 1.42. The Morgan fingerprint density at radius 3 is 3.00 bits per heavy atom. The van der Waals surface area contributed by atoms with Crippen LogP contribution in [0.1, 0.15) is 39.2 Å². The first kappa shape index (κ1) is 18.2. The van der Waals surface area contributed by atoms with E-state index in [1.807, 2.05) is 6.07 Å². The summed E-state index contributed by atoms with van der Waals surface area (Å²) < 4.78 is 10.1. The second-order valence-electron chi connectivity index (χ2n) is 6.29. The lowest BCUT2D eigenvalue weighted by molar-refractivity contribution is -0.123. The van der Waals surface area contributed by atoms with Crippen molar-refractivity contribution in [1.82, 2.24) is 10.6 Å². The minimum Gasteiger partial charge on any atom is -0.467 e. The third-order valence-corrected chi connectivity index (χ3v) is 5.34. The minimum absolute atomic E-state index is 0.158. The van der Waals surface area contributed by atoms with Crippen molar-refractivity contribution >= 4 is 29.2 Å². The van der Waals surface area contributed by atoms with Gasteiger partial charge in [0, 0.05) is 4.88 Å². The van der Waals surface area contributed by atoms with Crippen LogP contribution in [-0.2, 0) is 28.9 Å². The number of hydrogen-bond acceptors (Lipinski definition) is 6. The van der Waals surface area contributed by atoms with Crippen LogP contribution in [0.4, 0.5) is 4.79 Å². The lowest BCUT2D eigenvalue weighted by Gasteiger charge is -2.16. The van der Waals surface area contributed by atoms with Gasteiger partial charge in [0.2, 0.25) is 0 Å². The molecule has 2 N–H and O–H groups in total. The van der Waals surface area contributed by atoms with E-state index in [1.54, 1.807) is 12.1 Å². The van der Waals surface area contributed by atoms with Crippen molar-refractivity contribution in [2.45, 2.75) is 32.7 Å².